The molecule has 1 unspecified atom stereocenters. The monoisotopic (exact) mass is 349 g/mol. The molecule has 0 radical (unpaired) electrons. The summed E-state index contributed by atoms with van der Waals surface area (Å²) >= 11 is 1.68. The third-order valence-electron chi connectivity index (χ3n) is 4.99. The molecule has 6 heteroatoms. The molecule has 2 saturated heterocycles. The minimum Gasteiger partial charge on any atom is -0.343 e. The Morgan fingerprint density at radius 1 is 1.25 bits per heavy atom. The van der Waals surface area contributed by atoms with E-state index in [9.17, 15) is 9.59 Å². The van der Waals surface area contributed by atoms with Crippen molar-refractivity contribution in [3.05, 3.63) is 22.4 Å². The van der Waals surface area contributed by atoms with E-state index in [1.807, 2.05) is 9.80 Å². The van der Waals surface area contributed by atoms with E-state index in [0.29, 0.717) is 13.0 Å². The number of carbonyl (C=O) groups is 2. The molecule has 1 atom stereocenters. The number of urea groups is 1. The number of hydrogen-bond acceptors (Lipinski definition) is 3. The largest absolute Gasteiger partial charge is 0.343 e. The molecule has 2 aliphatic rings. The summed E-state index contributed by atoms with van der Waals surface area (Å²) in [6.07, 6.45) is 6.90. The summed E-state index contributed by atoms with van der Waals surface area (Å²) in [5.74, 6) is 0.274. The van der Waals surface area contributed by atoms with Crippen molar-refractivity contribution in [3.63, 3.8) is 0 Å². The molecular formula is C18H27N3O2S. The molecule has 2 fully saturated rings. The maximum atomic E-state index is 12.5. The molecule has 24 heavy (non-hydrogen) atoms. The van der Waals surface area contributed by atoms with E-state index >= 15 is 0 Å². The number of hydrogen-bond donors (Lipinski definition) is 1. The van der Waals surface area contributed by atoms with E-state index in [-0.39, 0.29) is 18.0 Å². The lowest BCUT2D eigenvalue weighted by molar-refractivity contribution is -0.130. The molecule has 132 valence electrons. The molecule has 0 aliphatic carbocycles. The quantitative estimate of drug-likeness (QED) is 0.829. The normalized spacial score (nSPS) is 21.8. The summed E-state index contributed by atoms with van der Waals surface area (Å²) in [5, 5.41) is 7.25. The van der Waals surface area contributed by atoms with E-state index < -0.39 is 0 Å². The zero-order valence-corrected chi connectivity index (χ0v) is 15.0. The van der Waals surface area contributed by atoms with Gasteiger partial charge in [-0.2, -0.15) is 11.3 Å². The van der Waals surface area contributed by atoms with Gasteiger partial charge in [0, 0.05) is 32.6 Å². The molecular weight excluding hydrogens is 322 g/mol. The van der Waals surface area contributed by atoms with Crippen molar-refractivity contribution in [3.8, 4) is 0 Å². The minimum atomic E-state index is 0.0332. The van der Waals surface area contributed by atoms with Crippen LogP contribution in [0.15, 0.2) is 16.8 Å². The predicted molar refractivity (Wildman–Crippen MR) is 96.1 cm³/mol. The van der Waals surface area contributed by atoms with Crippen LogP contribution in [0, 0.1) is 0 Å². The second kappa shape index (κ2) is 8.51. The highest BCUT2D eigenvalue weighted by Crippen LogP contribution is 2.32. The van der Waals surface area contributed by atoms with Crippen LogP contribution in [0.4, 0.5) is 4.79 Å². The smallest absolute Gasteiger partial charge is 0.317 e. The molecule has 2 aliphatic heterocycles. The topological polar surface area (TPSA) is 52.7 Å². The van der Waals surface area contributed by atoms with E-state index in [4.69, 9.17) is 0 Å². The van der Waals surface area contributed by atoms with Gasteiger partial charge in [0.15, 0.2) is 0 Å². The Labute approximate surface area is 148 Å². The van der Waals surface area contributed by atoms with Crippen LogP contribution in [0.1, 0.15) is 56.6 Å². The maximum Gasteiger partial charge on any atom is 0.317 e. The van der Waals surface area contributed by atoms with Crippen LogP contribution < -0.4 is 5.32 Å². The van der Waals surface area contributed by atoms with Gasteiger partial charge in [0.05, 0.1) is 6.04 Å². The molecule has 3 amide bonds. The first-order chi connectivity index (χ1) is 11.8. The lowest BCUT2D eigenvalue weighted by atomic mass is 10.1. The average molecular weight is 350 g/mol. The molecule has 5 nitrogen and oxygen atoms in total. The van der Waals surface area contributed by atoms with Crippen LogP contribution in [0.3, 0.4) is 0 Å². The number of carbonyl (C=O) groups excluding carboxylic acids is 2. The fourth-order valence-corrected chi connectivity index (χ4v) is 4.37. The van der Waals surface area contributed by atoms with E-state index in [1.165, 1.54) is 5.56 Å². The van der Waals surface area contributed by atoms with Crippen molar-refractivity contribution in [2.75, 3.05) is 26.2 Å². The summed E-state index contributed by atoms with van der Waals surface area (Å²) < 4.78 is 0. The average Bonchev–Trinajstić information content (AvgIpc) is 3.22. The van der Waals surface area contributed by atoms with E-state index in [1.54, 1.807) is 11.3 Å². The lowest BCUT2D eigenvalue weighted by Gasteiger charge is -2.25. The molecule has 1 aromatic heterocycles. The summed E-state index contributed by atoms with van der Waals surface area (Å²) in [7, 11) is 0. The second-order valence-corrected chi connectivity index (χ2v) is 7.47. The Morgan fingerprint density at radius 2 is 2.17 bits per heavy atom. The van der Waals surface area contributed by atoms with Gasteiger partial charge in [0.25, 0.3) is 0 Å². The number of amides is 3. The van der Waals surface area contributed by atoms with E-state index in [0.717, 1.165) is 58.2 Å². The van der Waals surface area contributed by atoms with Crippen molar-refractivity contribution < 1.29 is 9.59 Å². The van der Waals surface area contributed by atoms with Gasteiger partial charge in [-0.1, -0.05) is 6.42 Å². The zero-order chi connectivity index (χ0) is 16.8. The van der Waals surface area contributed by atoms with Crippen molar-refractivity contribution in [1.82, 2.24) is 15.1 Å². The highest BCUT2D eigenvalue weighted by Gasteiger charge is 2.29. The first-order valence-electron chi connectivity index (χ1n) is 9.10. The first kappa shape index (κ1) is 17.3. The van der Waals surface area contributed by atoms with Gasteiger partial charge in [-0.05, 0) is 54.5 Å². The maximum absolute atomic E-state index is 12.5. The van der Waals surface area contributed by atoms with Crippen molar-refractivity contribution in [2.24, 2.45) is 0 Å². The second-order valence-electron chi connectivity index (χ2n) is 6.69. The van der Waals surface area contributed by atoms with Gasteiger partial charge >= 0.3 is 6.03 Å². The van der Waals surface area contributed by atoms with Crippen molar-refractivity contribution >= 4 is 23.3 Å². The Morgan fingerprint density at radius 3 is 3.00 bits per heavy atom. The number of rotatable bonds is 5. The molecule has 1 aromatic rings. The van der Waals surface area contributed by atoms with Gasteiger partial charge in [-0.3, -0.25) is 4.79 Å². The molecule has 3 rings (SSSR count). The zero-order valence-electron chi connectivity index (χ0n) is 14.2. The highest BCUT2D eigenvalue weighted by molar-refractivity contribution is 7.07. The molecule has 0 spiro atoms. The first-order valence-corrected chi connectivity index (χ1v) is 10.0. The summed E-state index contributed by atoms with van der Waals surface area (Å²) in [4.78, 5) is 28.3. The highest BCUT2D eigenvalue weighted by atomic mass is 32.1. The van der Waals surface area contributed by atoms with Gasteiger partial charge < -0.3 is 15.1 Å². The van der Waals surface area contributed by atoms with Gasteiger partial charge in [-0.25, -0.2) is 4.79 Å². The molecule has 0 aromatic carbocycles. The Kier molecular flexibility index (Phi) is 6.12. The van der Waals surface area contributed by atoms with E-state index in [2.05, 4.69) is 22.1 Å². The molecule has 0 saturated carbocycles. The standard InChI is InChI=1S/C18H27N3O2S/c22-17-7-2-1-3-10-20(17)11-5-9-19-18(23)21-12-4-6-16(21)15-8-13-24-14-15/h8,13-14,16H,1-7,9-12H2,(H,19,23). The van der Waals surface area contributed by atoms with Crippen LogP contribution in [0.5, 0.6) is 0 Å². The van der Waals surface area contributed by atoms with Crippen molar-refractivity contribution in [2.45, 2.75) is 51.0 Å². The van der Waals surface area contributed by atoms with Crippen molar-refractivity contribution in [1.29, 1.82) is 0 Å². The third-order valence-corrected chi connectivity index (χ3v) is 5.70. The number of nitrogens with one attached hydrogen (secondary N) is 1. The number of likely N-dealkylation sites (tertiary alicyclic amines) is 2. The van der Waals surface area contributed by atoms with Crippen LogP contribution in [-0.2, 0) is 4.79 Å². The summed E-state index contributed by atoms with van der Waals surface area (Å²) in [6, 6.07) is 2.38. The number of nitrogens with zero attached hydrogens (tertiary/aromatic N) is 2. The van der Waals surface area contributed by atoms with Crippen LogP contribution in [-0.4, -0.2) is 47.9 Å². The third kappa shape index (κ3) is 4.29. The van der Waals surface area contributed by atoms with Gasteiger partial charge in [-0.15, -0.1) is 0 Å². The Balaban J connectivity index is 1.41. The lowest BCUT2D eigenvalue weighted by Crippen LogP contribution is -2.41. The molecule has 3 heterocycles. The van der Waals surface area contributed by atoms with Crippen LogP contribution >= 0.6 is 11.3 Å². The summed E-state index contributed by atoms with van der Waals surface area (Å²) in [5.41, 5.74) is 1.25. The fraction of sp³-hybridized carbons (Fsp3) is 0.667. The Hall–Kier alpha value is -1.56. The van der Waals surface area contributed by atoms with Gasteiger partial charge in [0.1, 0.15) is 0 Å². The predicted octanol–water partition coefficient (Wildman–Crippen LogP) is 3.39. The SMILES string of the molecule is O=C1CCCCCN1CCCNC(=O)N1CCCC1c1ccsc1. The minimum absolute atomic E-state index is 0.0332. The molecule has 1 N–H and O–H groups in total. The summed E-state index contributed by atoms with van der Waals surface area (Å²) in [6.45, 7) is 3.10. The van der Waals surface area contributed by atoms with Gasteiger partial charge in [0.2, 0.25) is 5.91 Å². The number of thiophene rings is 1. The van der Waals surface area contributed by atoms with Crippen LogP contribution in [0.25, 0.3) is 0 Å². The Bertz CT molecular complexity index is 546. The fourth-order valence-electron chi connectivity index (χ4n) is 3.66. The van der Waals surface area contributed by atoms with Crippen LogP contribution in [0.2, 0.25) is 0 Å². The molecule has 0 bridgehead atoms.